The van der Waals surface area contributed by atoms with Gasteiger partial charge in [-0.1, -0.05) is 32.0 Å². The summed E-state index contributed by atoms with van der Waals surface area (Å²) < 4.78 is 13.9. The van der Waals surface area contributed by atoms with E-state index in [0.29, 0.717) is 24.2 Å². The molecule has 0 aliphatic carbocycles. The van der Waals surface area contributed by atoms with E-state index >= 15 is 0 Å². The molecular formula is C20H26IN5O3. The number of ether oxygens (including phenoxy) is 2. The van der Waals surface area contributed by atoms with Crippen molar-refractivity contribution >= 4 is 34.3 Å². The average molecular weight is 511 g/mol. The van der Waals surface area contributed by atoms with Crippen molar-refractivity contribution in [1.82, 2.24) is 14.9 Å². The van der Waals surface area contributed by atoms with Crippen LogP contribution in [0.4, 0.5) is 5.82 Å². The van der Waals surface area contributed by atoms with Gasteiger partial charge in [0.15, 0.2) is 5.69 Å². The topological polar surface area (TPSA) is 117 Å². The maximum absolute atomic E-state index is 11.9. The van der Waals surface area contributed by atoms with Crippen LogP contribution in [0.5, 0.6) is 0 Å². The Kier molecular flexibility index (Phi) is 7.01. The Bertz CT molecular complexity index is 910. The van der Waals surface area contributed by atoms with Crippen LogP contribution < -0.4 is 16.8 Å². The highest BCUT2D eigenvalue weighted by Crippen LogP contribution is 2.37. The van der Waals surface area contributed by atoms with Gasteiger partial charge in [0.25, 0.3) is 5.91 Å². The monoisotopic (exact) mass is 511 g/mol. The van der Waals surface area contributed by atoms with Crippen molar-refractivity contribution < 1.29 is 14.3 Å². The van der Waals surface area contributed by atoms with E-state index in [9.17, 15) is 4.79 Å². The van der Waals surface area contributed by atoms with Crippen LogP contribution >= 0.6 is 22.6 Å². The fraction of sp³-hybridized carbons (Fsp3) is 0.400. The zero-order valence-corrected chi connectivity index (χ0v) is 18.7. The first-order valence-electron chi connectivity index (χ1n) is 9.48. The van der Waals surface area contributed by atoms with Gasteiger partial charge in [0, 0.05) is 16.2 Å². The van der Waals surface area contributed by atoms with E-state index in [-0.39, 0.29) is 24.2 Å². The second kappa shape index (κ2) is 9.49. The summed E-state index contributed by atoms with van der Waals surface area (Å²) in [5.74, 6) is 0.492. The number of nitrogens with two attached hydrogens (primary N) is 2. The molecule has 2 aromatic rings. The highest BCUT2D eigenvalue weighted by Gasteiger charge is 2.32. The quantitative estimate of drug-likeness (QED) is 0.352. The Morgan fingerprint density at radius 2 is 2.14 bits per heavy atom. The molecule has 1 amide bonds. The average Bonchev–Trinajstić information content (AvgIpc) is 3.30. The molecule has 0 fully saturated rings. The fourth-order valence-corrected chi connectivity index (χ4v) is 3.98. The Labute approximate surface area is 183 Å². The molecule has 0 saturated heterocycles. The number of imidazole rings is 1. The smallest absolute Gasteiger partial charge is 0.271 e. The van der Waals surface area contributed by atoms with Crippen LogP contribution in [0.2, 0.25) is 0 Å². The molecule has 2 heterocycles. The van der Waals surface area contributed by atoms with E-state index in [4.69, 9.17) is 20.9 Å². The van der Waals surface area contributed by atoms with E-state index in [1.165, 1.54) is 0 Å². The predicted molar refractivity (Wildman–Crippen MR) is 119 cm³/mol. The number of anilines is 1. The SMILES string of the molecule is CC(C)NCCCn1c(C(C2=COCO2)c2ccccc2I)nc(C(N)=O)c1N. The van der Waals surface area contributed by atoms with Crippen LogP contribution in [0.3, 0.4) is 0 Å². The van der Waals surface area contributed by atoms with Gasteiger partial charge >= 0.3 is 0 Å². The lowest BCUT2D eigenvalue weighted by Crippen LogP contribution is -2.25. The minimum atomic E-state index is -0.651. The van der Waals surface area contributed by atoms with Gasteiger partial charge in [-0.15, -0.1) is 0 Å². The van der Waals surface area contributed by atoms with Gasteiger partial charge in [0.05, 0.1) is 0 Å². The lowest BCUT2D eigenvalue weighted by atomic mass is 9.96. The second-order valence-electron chi connectivity index (χ2n) is 7.09. The molecule has 0 saturated carbocycles. The molecule has 9 heteroatoms. The summed E-state index contributed by atoms with van der Waals surface area (Å²) in [7, 11) is 0. The van der Waals surface area contributed by atoms with Crippen molar-refractivity contribution in [3.8, 4) is 0 Å². The van der Waals surface area contributed by atoms with Crippen LogP contribution in [-0.4, -0.2) is 34.8 Å². The molecule has 0 radical (unpaired) electrons. The Morgan fingerprint density at radius 1 is 1.38 bits per heavy atom. The summed E-state index contributed by atoms with van der Waals surface area (Å²) in [5.41, 5.74) is 12.9. The first-order chi connectivity index (χ1) is 13.9. The summed E-state index contributed by atoms with van der Waals surface area (Å²) in [6.45, 7) is 5.75. The third-order valence-electron chi connectivity index (χ3n) is 4.63. The van der Waals surface area contributed by atoms with Gasteiger partial charge in [-0.05, 0) is 47.2 Å². The van der Waals surface area contributed by atoms with Crippen molar-refractivity contribution in [1.29, 1.82) is 0 Å². The molecule has 1 aromatic heterocycles. The minimum Gasteiger partial charge on any atom is -0.462 e. The lowest BCUT2D eigenvalue weighted by Gasteiger charge is -2.20. The largest absolute Gasteiger partial charge is 0.462 e. The van der Waals surface area contributed by atoms with Crippen molar-refractivity contribution in [3.63, 3.8) is 0 Å². The van der Waals surface area contributed by atoms with E-state index in [0.717, 1.165) is 22.1 Å². The summed E-state index contributed by atoms with van der Waals surface area (Å²) >= 11 is 2.28. The van der Waals surface area contributed by atoms with E-state index in [2.05, 4.69) is 46.7 Å². The first kappa shape index (κ1) is 21.4. The minimum absolute atomic E-state index is 0.0762. The summed E-state index contributed by atoms with van der Waals surface area (Å²) in [6, 6.07) is 8.34. The number of hydrogen-bond acceptors (Lipinski definition) is 6. The van der Waals surface area contributed by atoms with E-state index in [1.54, 1.807) is 6.26 Å². The molecule has 156 valence electrons. The van der Waals surface area contributed by atoms with Crippen molar-refractivity contribution in [2.75, 3.05) is 19.1 Å². The normalized spacial score (nSPS) is 14.4. The first-order valence-corrected chi connectivity index (χ1v) is 10.6. The van der Waals surface area contributed by atoms with Gasteiger partial charge in [-0.3, -0.25) is 4.79 Å². The van der Waals surface area contributed by atoms with Gasteiger partial charge in [0.2, 0.25) is 6.79 Å². The Hall–Kier alpha value is -2.27. The molecule has 8 nitrogen and oxygen atoms in total. The number of rotatable bonds is 9. The fourth-order valence-electron chi connectivity index (χ4n) is 3.28. The third kappa shape index (κ3) is 4.84. The maximum Gasteiger partial charge on any atom is 0.271 e. The number of nitrogens with zero attached hydrogens (tertiary/aromatic N) is 2. The molecule has 1 aliphatic heterocycles. The van der Waals surface area contributed by atoms with Crippen molar-refractivity contribution in [2.24, 2.45) is 5.73 Å². The van der Waals surface area contributed by atoms with E-state index in [1.807, 2.05) is 28.8 Å². The van der Waals surface area contributed by atoms with Crippen LogP contribution in [0.25, 0.3) is 0 Å². The van der Waals surface area contributed by atoms with Gasteiger partial charge < -0.3 is 30.8 Å². The van der Waals surface area contributed by atoms with Gasteiger partial charge in [-0.25, -0.2) is 4.98 Å². The molecule has 5 N–H and O–H groups in total. The molecular weight excluding hydrogens is 485 g/mol. The molecule has 1 unspecified atom stereocenters. The number of primary amides is 1. The van der Waals surface area contributed by atoms with Gasteiger partial charge in [0.1, 0.15) is 29.6 Å². The molecule has 1 atom stereocenters. The Morgan fingerprint density at radius 3 is 2.76 bits per heavy atom. The number of hydrogen-bond donors (Lipinski definition) is 3. The van der Waals surface area contributed by atoms with Crippen LogP contribution in [0.1, 0.15) is 48.1 Å². The highest BCUT2D eigenvalue weighted by molar-refractivity contribution is 14.1. The molecule has 0 bridgehead atoms. The summed E-state index contributed by atoms with van der Waals surface area (Å²) in [5, 5.41) is 3.39. The lowest BCUT2D eigenvalue weighted by molar-refractivity contribution is 0.0763. The number of nitrogen functional groups attached to an aromatic ring is 1. The van der Waals surface area contributed by atoms with Crippen molar-refractivity contribution in [2.45, 2.75) is 38.8 Å². The van der Waals surface area contributed by atoms with E-state index < -0.39 is 5.91 Å². The maximum atomic E-state index is 11.9. The number of allylic oxidation sites excluding steroid dienone is 1. The van der Waals surface area contributed by atoms with Gasteiger partial charge in [-0.2, -0.15) is 0 Å². The summed E-state index contributed by atoms with van der Waals surface area (Å²) in [4.78, 5) is 16.5. The zero-order chi connectivity index (χ0) is 21.0. The number of carbonyl (C=O) groups excluding carboxylic acids is 1. The standard InChI is InChI=1S/C20H26IN5O3/c1-12(2)24-8-5-9-26-18(22)17(19(23)27)25-20(26)16(15-10-28-11-29-15)13-6-3-4-7-14(13)21/h3-4,6-7,10,12,16,24H,5,8-9,11,22H2,1-2H3,(H2,23,27). The number of carbonyl (C=O) groups is 1. The number of nitrogens with one attached hydrogen (secondary N) is 1. The van der Waals surface area contributed by atoms with Crippen LogP contribution in [-0.2, 0) is 16.0 Å². The molecule has 3 rings (SSSR count). The molecule has 29 heavy (non-hydrogen) atoms. The zero-order valence-electron chi connectivity index (χ0n) is 16.5. The summed E-state index contributed by atoms with van der Waals surface area (Å²) in [6.07, 6.45) is 2.41. The highest BCUT2D eigenvalue weighted by atomic mass is 127. The molecule has 1 aromatic carbocycles. The number of halogens is 1. The number of aromatic nitrogens is 2. The Balaban J connectivity index is 2.05. The van der Waals surface area contributed by atoms with Crippen molar-refractivity contribution in [3.05, 3.63) is 56.9 Å². The molecule has 1 aliphatic rings. The third-order valence-corrected chi connectivity index (χ3v) is 5.62. The van der Waals surface area contributed by atoms with Crippen LogP contribution in [0.15, 0.2) is 36.3 Å². The number of benzene rings is 1. The molecule has 0 spiro atoms. The second-order valence-corrected chi connectivity index (χ2v) is 8.25. The van der Waals surface area contributed by atoms with Crippen LogP contribution in [0, 0.1) is 3.57 Å². The predicted octanol–water partition coefficient (Wildman–Crippen LogP) is 2.53. The number of amides is 1.